The Kier molecular flexibility index (Phi) is 4.61. The fourth-order valence-electron chi connectivity index (χ4n) is 4.30. The fourth-order valence-corrected chi connectivity index (χ4v) is 4.30. The molecule has 2 heteroatoms. The van der Waals surface area contributed by atoms with Crippen molar-refractivity contribution in [3.63, 3.8) is 0 Å². The minimum Gasteiger partial charge on any atom is -0.497 e. The largest absolute Gasteiger partial charge is 0.497 e. The molecule has 0 fully saturated rings. The molecule has 0 aromatic heterocycles. The first kappa shape index (κ1) is 18.3. The Balaban J connectivity index is 1.90. The molecule has 1 aliphatic rings. The number of fused-ring (bicyclic) bond motifs is 3. The molecule has 146 valence electrons. The highest BCUT2D eigenvalue weighted by atomic mass is 16.5. The topological polar surface area (TPSA) is 18.5 Å². The summed E-state index contributed by atoms with van der Waals surface area (Å²) in [6.07, 6.45) is 0. The van der Waals surface area contributed by atoms with Crippen LogP contribution in [0.5, 0.6) is 11.5 Å². The monoisotopic (exact) mass is 390 g/mol. The molecule has 0 amide bonds. The van der Waals surface area contributed by atoms with Crippen molar-refractivity contribution in [1.82, 2.24) is 0 Å². The molecule has 4 aromatic rings. The van der Waals surface area contributed by atoms with Crippen molar-refractivity contribution >= 4 is 11.1 Å². The number of methoxy groups -OCH3 is 2. The zero-order chi connectivity index (χ0) is 20.5. The van der Waals surface area contributed by atoms with Gasteiger partial charge in [-0.3, -0.25) is 0 Å². The van der Waals surface area contributed by atoms with E-state index in [1.165, 1.54) is 33.4 Å². The van der Waals surface area contributed by atoms with Crippen molar-refractivity contribution in [2.75, 3.05) is 14.2 Å². The first-order valence-corrected chi connectivity index (χ1v) is 10.0. The first-order chi connectivity index (χ1) is 14.8. The SMILES string of the molecule is COc1cccc(C(=C2c3ccccc3-c3ccccc32)c2cccc(OC)c2)c1. The molecule has 0 radical (unpaired) electrons. The van der Waals surface area contributed by atoms with Crippen LogP contribution in [0.4, 0.5) is 0 Å². The summed E-state index contributed by atoms with van der Waals surface area (Å²) in [5, 5.41) is 0. The predicted molar refractivity (Wildman–Crippen MR) is 123 cm³/mol. The zero-order valence-corrected chi connectivity index (χ0v) is 17.1. The van der Waals surface area contributed by atoms with Crippen molar-refractivity contribution < 1.29 is 9.47 Å². The van der Waals surface area contributed by atoms with E-state index in [1.807, 2.05) is 24.3 Å². The van der Waals surface area contributed by atoms with Crippen LogP contribution in [0.2, 0.25) is 0 Å². The van der Waals surface area contributed by atoms with E-state index in [1.54, 1.807) is 14.2 Å². The molecule has 0 atom stereocenters. The fraction of sp³-hybridized carbons (Fsp3) is 0.0714. The van der Waals surface area contributed by atoms with Crippen LogP contribution >= 0.6 is 0 Å². The third-order valence-corrected chi connectivity index (χ3v) is 5.65. The Morgan fingerprint density at radius 3 is 1.37 bits per heavy atom. The summed E-state index contributed by atoms with van der Waals surface area (Å²) >= 11 is 0. The van der Waals surface area contributed by atoms with Crippen LogP contribution in [0.3, 0.4) is 0 Å². The molecule has 0 unspecified atom stereocenters. The average Bonchev–Trinajstić information content (AvgIpc) is 3.14. The lowest BCUT2D eigenvalue weighted by Gasteiger charge is -2.16. The summed E-state index contributed by atoms with van der Waals surface area (Å²) in [6, 6.07) is 33.8. The van der Waals surface area contributed by atoms with E-state index in [-0.39, 0.29) is 0 Å². The van der Waals surface area contributed by atoms with Crippen LogP contribution in [-0.2, 0) is 0 Å². The highest BCUT2D eigenvalue weighted by Crippen LogP contribution is 2.49. The molecule has 0 heterocycles. The van der Waals surface area contributed by atoms with E-state index >= 15 is 0 Å². The molecule has 0 N–H and O–H groups in total. The summed E-state index contributed by atoms with van der Waals surface area (Å²) in [5.74, 6) is 1.68. The van der Waals surface area contributed by atoms with E-state index in [9.17, 15) is 0 Å². The van der Waals surface area contributed by atoms with Crippen molar-refractivity contribution in [2.45, 2.75) is 0 Å². The molecule has 5 rings (SSSR count). The van der Waals surface area contributed by atoms with Crippen LogP contribution < -0.4 is 9.47 Å². The summed E-state index contributed by atoms with van der Waals surface area (Å²) in [7, 11) is 3.41. The van der Waals surface area contributed by atoms with Crippen LogP contribution in [0.15, 0.2) is 97.1 Å². The van der Waals surface area contributed by atoms with Gasteiger partial charge < -0.3 is 9.47 Å². The Hall–Kier alpha value is -3.78. The summed E-state index contributed by atoms with van der Waals surface area (Å²) in [6.45, 7) is 0. The molecule has 0 saturated carbocycles. The minimum absolute atomic E-state index is 0.841. The lowest BCUT2D eigenvalue weighted by atomic mass is 9.88. The van der Waals surface area contributed by atoms with Crippen molar-refractivity contribution in [2.24, 2.45) is 0 Å². The maximum atomic E-state index is 5.54. The number of rotatable bonds is 4. The lowest BCUT2D eigenvalue weighted by molar-refractivity contribution is 0.414. The normalized spacial score (nSPS) is 11.6. The smallest absolute Gasteiger partial charge is 0.119 e. The second-order valence-corrected chi connectivity index (χ2v) is 7.31. The maximum absolute atomic E-state index is 5.54. The van der Waals surface area contributed by atoms with Gasteiger partial charge in [0.2, 0.25) is 0 Å². The molecular formula is C28H22O2. The van der Waals surface area contributed by atoms with Gasteiger partial charge in [0.15, 0.2) is 0 Å². The third kappa shape index (κ3) is 2.98. The van der Waals surface area contributed by atoms with Crippen LogP contribution in [-0.4, -0.2) is 14.2 Å². The van der Waals surface area contributed by atoms with Crippen LogP contribution in [0, 0.1) is 0 Å². The quantitative estimate of drug-likeness (QED) is 0.340. The van der Waals surface area contributed by atoms with E-state index in [4.69, 9.17) is 9.47 Å². The van der Waals surface area contributed by atoms with Gasteiger partial charge in [0, 0.05) is 0 Å². The molecule has 30 heavy (non-hydrogen) atoms. The summed E-state index contributed by atoms with van der Waals surface area (Å²) in [5.41, 5.74) is 9.68. The highest BCUT2D eigenvalue weighted by molar-refractivity contribution is 6.13. The van der Waals surface area contributed by atoms with Crippen molar-refractivity contribution in [3.05, 3.63) is 119 Å². The van der Waals surface area contributed by atoms with Gasteiger partial charge in [0.1, 0.15) is 11.5 Å². The molecule has 0 aliphatic heterocycles. The molecule has 1 aliphatic carbocycles. The standard InChI is InChI=1S/C28H22O2/c1-29-21-11-7-9-19(17-21)27(20-10-8-12-22(18-20)30-2)28-25-15-5-3-13-23(25)24-14-4-6-16-26(24)28/h3-18H,1-2H3. The average molecular weight is 390 g/mol. The van der Waals surface area contributed by atoms with E-state index in [0.717, 1.165) is 22.6 Å². The van der Waals surface area contributed by atoms with Gasteiger partial charge >= 0.3 is 0 Å². The third-order valence-electron chi connectivity index (χ3n) is 5.65. The molecule has 0 spiro atoms. The number of ether oxygens (including phenoxy) is 2. The van der Waals surface area contributed by atoms with E-state index in [2.05, 4.69) is 72.8 Å². The van der Waals surface area contributed by atoms with Crippen molar-refractivity contribution in [1.29, 1.82) is 0 Å². The summed E-state index contributed by atoms with van der Waals surface area (Å²) < 4.78 is 11.1. The molecule has 0 saturated heterocycles. The maximum Gasteiger partial charge on any atom is 0.119 e. The molecule has 2 nitrogen and oxygen atoms in total. The number of hydrogen-bond donors (Lipinski definition) is 0. The Morgan fingerprint density at radius 2 is 0.933 bits per heavy atom. The first-order valence-electron chi connectivity index (χ1n) is 10.0. The molecule has 0 bridgehead atoms. The lowest BCUT2D eigenvalue weighted by Crippen LogP contribution is -1.96. The number of hydrogen-bond acceptors (Lipinski definition) is 2. The second-order valence-electron chi connectivity index (χ2n) is 7.31. The van der Waals surface area contributed by atoms with E-state index < -0.39 is 0 Å². The number of benzene rings is 4. The molecular weight excluding hydrogens is 368 g/mol. The zero-order valence-electron chi connectivity index (χ0n) is 17.1. The van der Waals surface area contributed by atoms with Gasteiger partial charge in [-0.15, -0.1) is 0 Å². The molecule has 4 aromatic carbocycles. The van der Waals surface area contributed by atoms with Gasteiger partial charge in [-0.1, -0.05) is 72.8 Å². The second kappa shape index (κ2) is 7.57. The summed E-state index contributed by atoms with van der Waals surface area (Å²) in [4.78, 5) is 0. The van der Waals surface area contributed by atoms with Gasteiger partial charge in [-0.2, -0.15) is 0 Å². The van der Waals surface area contributed by atoms with Gasteiger partial charge in [0.05, 0.1) is 14.2 Å². The van der Waals surface area contributed by atoms with Crippen LogP contribution in [0.1, 0.15) is 22.3 Å². The van der Waals surface area contributed by atoms with Crippen molar-refractivity contribution in [3.8, 4) is 22.6 Å². The predicted octanol–water partition coefficient (Wildman–Crippen LogP) is 6.69. The minimum atomic E-state index is 0.841. The van der Waals surface area contributed by atoms with Gasteiger partial charge in [-0.05, 0) is 68.8 Å². The van der Waals surface area contributed by atoms with Gasteiger partial charge in [0.25, 0.3) is 0 Å². The Morgan fingerprint density at radius 1 is 0.500 bits per heavy atom. The van der Waals surface area contributed by atoms with Crippen LogP contribution in [0.25, 0.3) is 22.3 Å². The Bertz CT molecular complexity index is 1170. The highest BCUT2D eigenvalue weighted by Gasteiger charge is 2.27. The van der Waals surface area contributed by atoms with Gasteiger partial charge in [-0.25, -0.2) is 0 Å². The Labute approximate surface area is 177 Å². The van der Waals surface area contributed by atoms with E-state index in [0.29, 0.717) is 0 Å².